The van der Waals surface area contributed by atoms with Crippen LogP contribution < -0.4 is 26.6 Å². The van der Waals surface area contributed by atoms with Gasteiger partial charge in [0.2, 0.25) is 17.7 Å². The second-order valence-corrected chi connectivity index (χ2v) is 24.2. The fourth-order valence-corrected chi connectivity index (χ4v) is 12.9. The van der Waals surface area contributed by atoms with Crippen molar-refractivity contribution in [2.24, 2.45) is 11.8 Å². The number of hydrogen-bond acceptors (Lipinski definition) is 17. The van der Waals surface area contributed by atoms with Crippen LogP contribution in [0.1, 0.15) is 150 Å². The number of carboxylic acid groups (broad SMARTS) is 2. The van der Waals surface area contributed by atoms with Gasteiger partial charge in [-0.2, -0.15) is 0 Å². The highest BCUT2D eigenvalue weighted by molar-refractivity contribution is 5.84. The van der Waals surface area contributed by atoms with Crippen LogP contribution in [0.5, 0.6) is 0 Å². The predicted molar refractivity (Wildman–Crippen MR) is 308 cm³/mol. The number of nitrogens with one attached hydrogen (secondary N) is 5. The van der Waals surface area contributed by atoms with Gasteiger partial charge in [-0.1, -0.05) is 24.6 Å². The summed E-state index contributed by atoms with van der Waals surface area (Å²) in [6.07, 6.45) is 12.8. The molecule has 2 saturated heterocycles. The summed E-state index contributed by atoms with van der Waals surface area (Å²) in [6.45, 7) is 5.17. The first-order valence-electron chi connectivity index (χ1n) is 30.4. The number of aryl methyl sites for hydroxylation is 6. The lowest BCUT2D eigenvalue weighted by Crippen LogP contribution is -2.66. The second kappa shape index (κ2) is 27.9. The first kappa shape index (κ1) is 61.1. The van der Waals surface area contributed by atoms with Crippen LogP contribution in [0.2, 0.25) is 0 Å². The maximum Gasteiger partial charge on any atom is 0.329 e. The lowest BCUT2D eigenvalue weighted by molar-refractivity contribution is -0.200. The number of carbonyl (C=O) groups excluding carboxylic acids is 4. The quantitative estimate of drug-likeness (QED) is 0.0369. The van der Waals surface area contributed by atoms with E-state index in [1.54, 1.807) is 4.90 Å². The third-order valence-corrected chi connectivity index (χ3v) is 17.9. The van der Waals surface area contributed by atoms with E-state index in [0.717, 1.165) is 118 Å². The molecule has 3 aromatic rings. The molecule has 452 valence electrons. The molecule has 5 aliphatic heterocycles. The smallest absolute Gasteiger partial charge is 0.329 e. The molecule has 83 heavy (non-hydrogen) atoms. The molecule has 3 fully saturated rings. The number of carboxylic acids is 2. The van der Waals surface area contributed by atoms with Gasteiger partial charge in [0.25, 0.3) is 0 Å². The summed E-state index contributed by atoms with van der Waals surface area (Å²) in [7, 11) is 0. The molecule has 3 aromatic heterocycles. The van der Waals surface area contributed by atoms with Crippen LogP contribution in [0.4, 0.5) is 17.5 Å². The molecule has 0 spiro atoms. The Morgan fingerprint density at radius 3 is 1.90 bits per heavy atom. The van der Waals surface area contributed by atoms with Crippen molar-refractivity contribution in [2.75, 3.05) is 74.9 Å². The number of fused-ring (bicyclic) bond motifs is 3. The van der Waals surface area contributed by atoms with Crippen molar-refractivity contribution < 1.29 is 58.7 Å². The van der Waals surface area contributed by atoms with Gasteiger partial charge in [-0.3, -0.25) is 24.0 Å². The Hall–Kier alpha value is -6.49. The lowest BCUT2D eigenvalue weighted by atomic mass is 9.74. The zero-order valence-corrected chi connectivity index (χ0v) is 48.2. The van der Waals surface area contributed by atoms with E-state index < -0.39 is 64.7 Å². The van der Waals surface area contributed by atoms with Crippen LogP contribution >= 0.6 is 0 Å². The van der Waals surface area contributed by atoms with Crippen molar-refractivity contribution in [3.05, 3.63) is 70.2 Å². The third kappa shape index (κ3) is 16.2. The van der Waals surface area contributed by atoms with Gasteiger partial charge < -0.3 is 66.3 Å². The average molecular weight is 1150 g/mol. The van der Waals surface area contributed by atoms with E-state index in [0.29, 0.717) is 64.0 Å². The van der Waals surface area contributed by atoms with E-state index in [-0.39, 0.29) is 76.5 Å². The monoisotopic (exact) mass is 1150 g/mol. The number of aliphatic carboxylic acids is 2. The summed E-state index contributed by atoms with van der Waals surface area (Å²) >= 11 is 0. The SMILES string of the molecule is CC(=O)NC(C(=O)O)C1(O)CCC(C(=O)NCCCc2ccc3c(n2)NC(OC(=O)C(COC2(CC(=O)O)CN(C(=O)CCCCc4ccc5c(n4)NCCC5)C2)C2(O)CCN(CCCCCc4ccc5c(n4)NCCC5)CC2)CC3)CC1. The second-order valence-electron chi connectivity index (χ2n) is 24.2. The minimum Gasteiger partial charge on any atom is -0.481 e. The third-order valence-electron chi connectivity index (χ3n) is 17.9. The molecule has 0 radical (unpaired) electrons. The normalized spacial score (nSPS) is 22.3. The maximum atomic E-state index is 14.6. The molecule has 22 heteroatoms. The van der Waals surface area contributed by atoms with Gasteiger partial charge in [0.1, 0.15) is 29.0 Å². The topological polar surface area (TPSA) is 307 Å². The largest absolute Gasteiger partial charge is 0.481 e. The number of ether oxygens (including phenoxy) is 2. The van der Waals surface area contributed by atoms with E-state index in [1.165, 1.54) is 18.1 Å². The number of aliphatic hydroxyl groups is 2. The average Bonchev–Trinajstić information content (AvgIpc) is 3.46. The maximum absolute atomic E-state index is 14.6. The minimum atomic E-state index is -1.65. The highest BCUT2D eigenvalue weighted by Gasteiger charge is 2.52. The molecule has 8 heterocycles. The zero-order valence-electron chi connectivity index (χ0n) is 48.2. The first-order chi connectivity index (χ1) is 39.9. The van der Waals surface area contributed by atoms with Gasteiger partial charge in [-0.15, -0.1) is 0 Å². The molecule has 0 bridgehead atoms. The van der Waals surface area contributed by atoms with Gasteiger partial charge >= 0.3 is 17.9 Å². The molecular weight excluding hydrogens is 1060 g/mol. The van der Waals surface area contributed by atoms with E-state index >= 15 is 0 Å². The van der Waals surface area contributed by atoms with Crippen LogP contribution in [-0.4, -0.2) is 169 Å². The molecule has 22 nitrogen and oxygen atoms in total. The van der Waals surface area contributed by atoms with Crippen LogP contribution in [-0.2, 0) is 76.8 Å². The Kier molecular flexibility index (Phi) is 20.6. The van der Waals surface area contributed by atoms with E-state index in [2.05, 4.69) is 55.7 Å². The Labute approximate surface area is 486 Å². The Bertz CT molecular complexity index is 2780. The Morgan fingerprint density at radius 1 is 0.711 bits per heavy atom. The molecule has 3 unspecified atom stereocenters. The zero-order chi connectivity index (χ0) is 58.6. The standard InChI is InChI=1S/C61H86N10O12/c1-40(72)65-52(57(77)78)61(81)26-24-44(25-27-61)56(76)64-32-9-14-47-22-18-43-19-23-49(69-55(43)68-47)83-58(79)48(60(80)28-34-70(35-29-60)33-6-2-3-12-45-20-16-41-10-7-30-62-53(41)66-45)37-82-59(36-51(74)75)38-71(39-59)50(73)15-5-4-13-46-21-17-42-11-8-31-63-54(42)67-46/h16-18,20-22,44,48-49,52,80-81H,2-15,19,23-39H2,1H3,(H,62,66)(H,63,67)(H,64,76)(H,65,72)(H,68,69)(H,74,75)(H,77,78). The summed E-state index contributed by atoms with van der Waals surface area (Å²) in [5.74, 6) is -2.97. The summed E-state index contributed by atoms with van der Waals surface area (Å²) < 4.78 is 12.7. The fourth-order valence-electron chi connectivity index (χ4n) is 12.9. The van der Waals surface area contributed by atoms with Gasteiger partial charge in [0.05, 0.1) is 37.3 Å². The van der Waals surface area contributed by atoms with Crippen molar-refractivity contribution in [1.29, 1.82) is 0 Å². The number of pyridine rings is 3. The number of hydrogen-bond donors (Lipinski definition) is 9. The van der Waals surface area contributed by atoms with Crippen LogP contribution in [0.15, 0.2) is 36.4 Å². The van der Waals surface area contributed by atoms with Crippen molar-refractivity contribution in [2.45, 2.75) is 184 Å². The minimum absolute atomic E-state index is 0.0509. The van der Waals surface area contributed by atoms with Gasteiger partial charge in [-0.25, -0.2) is 19.7 Å². The number of rotatable bonds is 27. The molecule has 6 aliphatic rings. The summed E-state index contributed by atoms with van der Waals surface area (Å²) in [6, 6.07) is 11.0. The molecule has 3 atom stereocenters. The number of anilines is 3. The fraction of sp³-hybridized carbons (Fsp3) is 0.656. The van der Waals surface area contributed by atoms with Gasteiger partial charge in [-0.05, 0) is 163 Å². The van der Waals surface area contributed by atoms with E-state index in [1.807, 2.05) is 12.1 Å². The first-order valence-corrected chi connectivity index (χ1v) is 30.4. The summed E-state index contributed by atoms with van der Waals surface area (Å²) in [5, 5.41) is 58.7. The number of unbranched alkanes of at least 4 members (excludes halogenated alkanes) is 3. The van der Waals surface area contributed by atoms with Crippen molar-refractivity contribution >= 4 is 53.1 Å². The number of nitrogens with zero attached hydrogens (tertiary/aromatic N) is 5. The van der Waals surface area contributed by atoms with Crippen LogP contribution in [0.3, 0.4) is 0 Å². The van der Waals surface area contributed by atoms with Gasteiger partial charge in [0, 0.05) is 75.5 Å². The number of aromatic nitrogens is 3. The predicted octanol–water partition coefficient (Wildman–Crippen LogP) is 4.72. The summed E-state index contributed by atoms with van der Waals surface area (Å²) in [4.78, 5) is 95.4. The molecule has 1 saturated carbocycles. The molecule has 3 amide bonds. The molecule has 9 N–H and O–H groups in total. The van der Waals surface area contributed by atoms with E-state index in [4.69, 9.17) is 24.4 Å². The van der Waals surface area contributed by atoms with Crippen LogP contribution in [0.25, 0.3) is 0 Å². The Morgan fingerprint density at radius 2 is 1.30 bits per heavy atom. The lowest BCUT2D eigenvalue weighted by Gasteiger charge is -2.50. The van der Waals surface area contributed by atoms with Crippen molar-refractivity contribution in [1.82, 2.24) is 35.4 Å². The van der Waals surface area contributed by atoms with Crippen molar-refractivity contribution in [3.8, 4) is 0 Å². The van der Waals surface area contributed by atoms with Crippen LogP contribution in [0, 0.1) is 11.8 Å². The number of piperidine rings is 1. The number of carbonyl (C=O) groups is 6. The van der Waals surface area contributed by atoms with Gasteiger partial charge in [0.15, 0.2) is 12.3 Å². The summed E-state index contributed by atoms with van der Waals surface area (Å²) in [5.41, 5.74) is 1.86. The molecule has 1 aliphatic carbocycles. The van der Waals surface area contributed by atoms with E-state index in [9.17, 15) is 49.2 Å². The van der Waals surface area contributed by atoms with Crippen molar-refractivity contribution in [3.63, 3.8) is 0 Å². The Balaban J connectivity index is 0.773. The number of esters is 1. The molecule has 0 aromatic carbocycles. The molecular formula is C61H86N10O12. The highest BCUT2D eigenvalue weighted by Crippen LogP contribution is 2.38. The molecule has 9 rings (SSSR count). The number of amides is 3. The highest BCUT2D eigenvalue weighted by atomic mass is 16.6. The number of likely N-dealkylation sites (tertiary alicyclic amines) is 2.